The third kappa shape index (κ3) is 5.22. The summed E-state index contributed by atoms with van der Waals surface area (Å²) >= 11 is 0. The fourth-order valence-electron chi connectivity index (χ4n) is 3.79. The number of carbonyl (C=O) groups is 2. The zero-order chi connectivity index (χ0) is 19.9. The maximum atomic E-state index is 13.1. The molecule has 4 heteroatoms. The highest BCUT2D eigenvalue weighted by Crippen LogP contribution is 2.23. The second-order valence-corrected chi connectivity index (χ2v) is 7.86. The van der Waals surface area contributed by atoms with E-state index in [0.29, 0.717) is 26.1 Å². The van der Waals surface area contributed by atoms with Gasteiger partial charge in [-0.05, 0) is 37.8 Å². The van der Waals surface area contributed by atoms with Crippen LogP contribution < -0.4 is 0 Å². The van der Waals surface area contributed by atoms with Crippen LogP contribution in [-0.4, -0.2) is 40.7 Å². The Hall–Kier alpha value is -2.62. The second-order valence-electron chi connectivity index (χ2n) is 7.86. The van der Waals surface area contributed by atoms with Crippen LogP contribution in [0.3, 0.4) is 0 Å². The first-order valence-electron chi connectivity index (χ1n) is 10.2. The van der Waals surface area contributed by atoms with E-state index in [2.05, 4.69) is 26.0 Å². The van der Waals surface area contributed by atoms with E-state index in [0.717, 1.165) is 24.0 Å². The van der Waals surface area contributed by atoms with E-state index < -0.39 is 0 Å². The molecular weight excluding hydrogens is 348 g/mol. The van der Waals surface area contributed by atoms with Crippen LogP contribution in [0.15, 0.2) is 60.7 Å². The number of benzene rings is 2. The van der Waals surface area contributed by atoms with E-state index >= 15 is 0 Å². The first-order chi connectivity index (χ1) is 13.5. The lowest BCUT2D eigenvalue weighted by atomic mass is 9.94. The molecule has 0 bridgehead atoms. The lowest BCUT2D eigenvalue weighted by Gasteiger charge is -2.36. The van der Waals surface area contributed by atoms with Gasteiger partial charge in [0.25, 0.3) is 0 Å². The molecule has 1 heterocycles. The van der Waals surface area contributed by atoms with Gasteiger partial charge in [0.05, 0.1) is 6.42 Å². The molecule has 2 aromatic carbocycles. The molecule has 4 nitrogen and oxygen atoms in total. The van der Waals surface area contributed by atoms with Crippen molar-refractivity contribution in [2.45, 2.75) is 45.7 Å². The van der Waals surface area contributed by atoms with Crippen molar-refractivity contribution < 1.29 is 9.59 Å². The average molecular weight is 379 g/mol. The Kier molecular flexibility index (Phi) is 6.85. The number of hydrogen-bond donors (Lipinski definition) is 0. The van der Waals surface area contributed by atoms with Gasteiger partial charge in [0.2, 0.25) is 11.8 Å². The first-order valence-corrected chi connectivity index (χ1v) is 10.2. The van der Waals surface area contributed by atoms with E-state index in [4.69, 9.17) is 0 Å². The summed E-state index contributed by atoms with van der Waals surface area (Å²) in [7, 11) is 0. The van der Waals surface area contributed by atoms with Gasteiger partial charge in [-0.1, -0.05) is 60.7 Å². The molecule has 0 N–H and O–H groups in total. The van der Waals surface area contributed by atoms with E-state index in [9.17, 15) is 9.59 Å². The summed E-state index contributed by atoms with van der Waals surface area (Å²) in [5.74, 6) is 0.378. The smallest absolute Gasteiger partial charge is 0.226 e. The number of nitrogens with zero attached hydrogens (tertiary/aromatic N) is 2. The van der Waals surface area contributed by atoms with E-state index in [-0.39, 0.29) is 23.8 Å². The maximum Gasteiger partial charge on any atom is 0.226 e. The van der Waals surface area contributed by atoms with Crippen molar-refractivity contribution in [3.8, 4) is 0 Å². The van der Waals surface area contributed by atoms with Crippen molar-refractivity contribution in [2.24, 2.45) is 5.92 Å². The third-order valence-electron chi connectivity index (χ3n) is 5.50. The van der Waals surface area contributed by atoms with Crippen molar-refractivity contribution >= 4 is 11.8 Å². The molecule has 0 aliphatic carbocycles. The average Bonchev–Trinajstić information content (AvgIpc) is 2.73. The first kappa shape index (κ1) is 20.1. The molecule has 0 spiro atoms. The number of carbonyl (C=O) groups excluding carboxylic acids is 2. The Labute approximate surface area is 168 Å². The predicted molar refractivity (Wildman–Crippen MR) is 112 cm³/mol. The lowest BCUT2D eigenvalue weighted by Crippen LogP contribution is -2.46. The topological polar surface area (TPSA) is 40.6 Å². The molecule has 1 aliphatic heterocycles. The monoisotopic (exact) mass is 378 g/mol. The molecule has 0 radical (unpaired) electrons. The molecule has 2 aromatic rings. The molecule has 3 rings (SSSR count). The van der Waals surface area contributed by atoms with E-state index in [1.54, 1.807) is 0 Å². The molecule has 1 saturated heterocycles. The zero-order valence-corrected chi connectivity index (χ0v) is 16.9. The number of piperidine rings is 1. The summed E-state index contributed by atoms with van der Waals surface area (Å²) in [5, 5.41) is 0. The highest BCUT2D eigenvalue weighted by Gasteiger charge is 2.31. The van der Waals surface area contributed by atoms with Gasteiger partial charge in [-0.15, -0.1) is 0 Å². The van der Waals surface area contributed by atoms with Crippen molar-refractivity contribution in [2.75, 3.05) is 13.1 Å². The Balaban J connectivity index is 1.55. The highest BCUT2D eigenvalue weighted by molar-refractivity contribution is 5.81. The van der Waals surface area contributed by atoms with Crippen LogP contribution >= 0.6 is 0 Å². The fraction of sp³-hybridized carbons (Fsp3) is 0.417. The summed E-state index contributed by atoms with van der Waals surface area (Å²) < 4.78 is 0. The molecule has 0 atom stereocenters. The highest BCUT2D eigenvalue weighted by atomic mass is 16.2. The molecule has 2 amide bonds. The largest absolute Gasteiger partial charge is 0.342 e. The van der Waals surface area contributed by atoms with Crippen LogP contribution in [0.25, 0.3) is 0 Å². The zero-order valence-electron chi connectivity index (χ0n) is 16.9. The lowest BCUT2D eigenvalue weighted by molar-refractivity contribution is -0.142. The number of amides is 2. The second kappa shape index (κ2) is 9.54. The third-order valence-corrected chi connectivity index (χ3v) is 5.50. The molecule has 148 valence electrons. The molecule has 0 unspecified atom stereocenters. The van der Waals surface area contributed by atoms with Crippen LogP contribution in [0.5, 0.6) is 0 Å². The Morgan fingerprint density at radius 2 is 1.46 bits per heavy atom. The van der Waals surface area contributed by atoms with Crippen LogP contribution in [0.4, 0.5) is 0 Å². The minimum atomic E-state index is 0.00638. The van der Waals surface area contributed by atoms with Gasteiger partial charge >= 0.3 is 0 Å². The number of hydrogen-bond acceptors (Lipinski definition) is 2. The van der Waals surface area contributed by atoms with Gasteiger partial charge in [0.1, 0.15) is 0 Å². The van der Waals surface area contributed by atoms with E-state index in [1.165, 1.54) is 0 Å². The van der Waals surface area contributed by atoms with Crippen molar-refractivity contribution in [1.82, 2.24) is 9.80 Å². The number of likely N-dealkylation sites (tertiary alicyclic amines) is 1. The van der Waals surface area contributed by atoms with Crippen molar-refractivity contribution in [3.05, 3.63) is 71.8 Å². The van der Waals surface area contributed by atoms with Crippen molar-refractivity contribution in [3.63, 3.8) is 0 Å². The molecule has 28 heavy (non-hydrogen) atoms. The van der Waals surface area contributed by atoms with E-state index in [1.807, 2.05) is 58.3 Å². The SMILES string of the molecule is CC(C)N(Cc1ccccc1)C(=O)C1CCN(C(=O)Cc2ccccc2)CC1. The normalized spacial score (nSPS) is 14.9. The quantitative estimate of drug-likeness (QED) is 0.765. The summed E-state index contributed by atoms with van der Waals surface area (Å²) in [6, 6.07) is 20.1. The Morgan fingerprint density at radius 1 is 0.929 bits per heavy atom. The van der Waals surface area contributed by atoms with Gasteiger partial charge in [-0.2, -0.15) is 0 Å². The minimum absolute atomic E-state index is 0.00638. The van der Waals surface area contributed by atoms with Gasteiger partial charge in [-0.3, -0.25) is 9.59 Å². The molecular formula is C24H30N2O2. The van der Waals surface area contributed by atoms with Crippen LogP contribution in [-0.2, 0) is 22.6 Å². The summed E-state index contributed by atoms with van der Waals surface area (Å²) in [6.45, 7) is 6.11. The summed E-state index contributed by atoms with van der Waals surface area (Å²) in [6.07, 6.45) is 1.93. The Morgan fingerprint density at radius 3 is 2.00 bits per heavy atom. The summed E-state index contributed by atoms with van der Waals surface area (Å²) in [5.41, 5.74) is 2.19. The predicted octanol–water partition coefficient (Wildman–Crippen LogP) is 3.90. The van der Waals surface area contributed by atoms with Crippen LogP contribution in [0.2, 0.25) is 0 Å². The fourth-order valence-corrected chi connectivity index (χ4v) is 3.79. The van der Waals surface area contributed by atoms with Gasteiger partial charge < -0.3 is 9.80 Å². The van der Waals surface area contributed by atoms with Gasteiger partial charge in [0, 0.05) is 31.6 Å². The van der Waals surface area contributed by atoms with Crippen LogP contribution in [0, 0.1) is 5.92 Å². The van der Waals surface area contributed by atoms with Gasteiger partial charge in [-0.25, -0.2) is 0 Å². The van der Waals surface area contributed by atoms with Crippen molar-refractivity contribution in [1.29, 1.82) is 0 Å². The molecule has 1 aliphatic rings. The van der Waals surface area contributed by atoms with Gasteiger partial charge in [0.15, 0.2) is 0 Å². The molecule has 0 saturated carbocycles. The minimum Gasteiger partial charge on any atom is -0.342 e. The standard InChI is InChI=1S/C24H30N2O2/c1-19(2)26(18-21-11-7-4-8-12-21)24(28)22-13-15-25(16-14-22)23(27)17-20-9-5-3-6-10-20/h3-12,19,22H,13-18H2,1-2H3. The molecule has 1 fully saturated rings. The van der Waals surface area contributed by atoms with Crippen LogP contribution in [0.1, 0.15) is 37.8 Å². The Bertz CT molecular complexity index is 766. The molecule has 0 aromatic heterocycles. The summed E-state index contributed by atoms with van der Waals surface area (Å²) in [4.78, 5) is 29.6. The number of rotatable bonds is 6. The maximum absolute atomic E-state index is 13.1.